The summed E-state index contributed by atoms with van der Waals surface area (Å²) in [5.74, 6) is -0.556. The quantitative estimate of drug-likeness (QED) is 0.616. The molecule has 0 aliphatic carbocycles. The van der Waals surface area contributed by atoms with Crippen LogP contribution < -0.4 is 10.1 Å². The van der Waals surface area contributed by atoms with Crippen molar-refractivity contribution in [2.24, 2.45) is 0 Å². The van der Waals surface area contributed by atoms with E-state index in [2.05, 4.69) is 10.3 Å². The Morgan fingerprint density at radius 3 is 2.89 bits per heavy atom. The number of ether oxygens (including phenoxy) is 2. The summed E-state index contributed by atoms with van der Waals surface area (Å²) in [6.45, 7) is 0.995. The average molecular weight is 368 g/mol. The number of rotatable bonds is 8. The van der Waals surface area contributed by atoms with Gasteiger partial charge in [-0.3, -0.25) is 9.78 Å². The Morgan fingerprint density at radius 2 is 2.04 bits per heavy atom. The molecule has 1 amide bonds. The van der Waals surface area contributed by atoms with Crippen LogP contribution in [-0.2, 0) is 11.3 Å². The maximum Gasteiger partial charge on any atom is 0.251 e. The minimum atomic E-state index is -0.460. The molecular weight excluding hydrogens is 347 g/mol. The second-order valence-corrected chi connectivity index (χ2v) is 6.02. The van der Waals surface area contributed by atoms with E-state index in [1.54, 1.807) is 49.7 Å². The van der Waals surface area contributed by atoms with Crippen molar-refractivity contribution in [1.82, 2.24) is 10.3 Å². The van der Waals surface area contributed by atoms with E-state index >= 15 is 0 Å². The average Bonchev–Trinajstić information content (AvgIpc) is 2.70. The molecule has 3 rings (SSSR count). The normalized spacial score (nSPS) is 10.7. The van der Waals surface area contributed by atoms with Crippen LogP contribution in [0.15, 0.2) is 54.7 Å². The van der Waals surface area contributed by atoms with Crippen LogP contribution in [0.4, 0.5) is 4.39 Å². The zero-order valence-electron chi connectivity index (χ0n) is 15.1. The molecule has 0 saturated carbocycles. The lowest BCUT2D eigenvalue weighted by atomic mass is 10.1. The lowest BCUT2D eigenvalue weighted by Gasteiger charge is -2.11. The van der Waals surface area contributed by atoms with E-state index in [0.717, 1.165) is 10.9 Å². The number of aromatic nitrogens is 1. The Kier molecular flexibility index (Phi) is 6.33. The molecule has 6 heteroatoms. The summed E-state index contributed by atoms with van der Waals surface area (Å²) in [5.41, 5.74) is 1.69. The summed E-state index contributed by atoms with van der Waals surface area (Å²) in [6.07, 6.45) is 2.38. The predicted molar refractivity (Wildman–Crippen MR) is 101 cm³/mol. The van der Waals surface area contributed by atoms with Crippen LogP contribution in [0.25, 0.3) is 10.9 Å². The highest BCUT2D eigenvalue weighted by Gasteiger charge is 2.12. The van der Waals surface area contributed by atoms with E-state index in [1.807, 2.05) is 12.1 Å². The molecule has 0 fully saturated rings. The van der Waals surface area contributed by atoms with Gasteiger partial charge in [-0.1, -0.05) is 18.2 Å². The third-order valence-electron chi connectivity index (χ3n) is 4.10. The SMILES string of the molecule is COCCCOc1cccc(CNC(=O)c2ccc3ncccc3c2)c1F. The van der Waals surface area contributed by atoms with Crippen LogP contribution in [0, 0.1) is 5.82 Å². The van der Waals surface area contributed by atoms with E-state index in [1.165, 1.54) is 0 Å². The van der Waals surface area contributed by atoms with Crippen molar-refractivity contribution in [3.63, 3.8) is 0 Å². The number of carbonyl (C=O) groups excluding carboxylic acids is 1. The van der Waals surface area contributed by atoms with Gasteiger partial charge >= 0.3 is 0 Å². The lowest BCUT2D eigenvalue weighted by molar-refractivity contribution is 0.0950. The van der Waals surface area contributed by atoms with E-state index in [-0.39, 0.29) is 18.2 Å². The first-order valence-electron chi connectivity index (χ1n) is 8.71. The van der Waals surface area contributed by atoms with Crippen LogP contribution in [0.1, 0.15) is 22.3 Å². The summed E-state index contributed by atoms with van der Waals surface area (Å²) in [5, 5.41) is 3.63. The molecule has 5 nitrogen and oxygen atoms in total. The van der Waals surface area contributed by atoms with E-state index < -0.39 is 5.82 Å². The number of carbonyl (C=O) groups is 1. The molecule has 1 heterocycles. The van der Waals surface area contributed by atoms with Gasteiger partial charge in [0.05, 0.1) is 12.1 Å². The van der Waals surface area contributed by atoms with Crippen LogP contribution >= 0.6 is 0 Å². The van der Waals surface area contributed by atoms with Gasteiger partial charge in [-0.2, -0.15) is 0 Å². The van der Waals surface area contributed by atoms with E-state index in [4.69, 9.17) is 9.47 Å². The van der Waals surface area contributed by atoms with Crippen molar-refractivity contribution in [2.45, 2.75) is 13.0 Å². The molecule has 140 valence electrons. The summed E-state index contributed by atoms with van der Waals surface area (Å²) >= 11 is 0. The fourth-order valence-corrected chi connectivity index (χ4v) is 2.68. The molecule has 2 aromatic carbocycles. The topological polar surface area (TPSA) is 60.5 Å². The highest BCUT2D eigenvalue weighted by atomic mass is 19.1. The van der Waals surface area contributed by atoms with Gasteiger partial charge in [0.1, 0.15) is 0 Å². The van der Waals surface area contributed by atoms with Crippen LogP contribution in [-0.4, -0.2) is 31.2 Å². The Labute approximate surface area is 157 Å². The van der Waals surface area contributed by atoms with Crippen molar-refractivity contribution < 1.29 is 18.7 Å². The van der Waals surface area contributed by atoms with Gasteiger partial charge in [-0.25, -0.2) is 4.39 Å². The van der Waals surface area contributed by atoms with Crippen molar-refractivity contribution in [3.05, 3.63) is 71.7 Å². The standard InChI is InChI=1S/C21H21FN2O3/c1-26-11-4-12-27-19-7-2-5-17(20(19)22)14-24-21(25)16-8-9-18-15(13-16)6-3-10-23-18/h2-3,5-10,13H,4,11-12,14H2,1H3,(H,24,25). The fraction of sp³-hybridized carbons (Fsp3) is 0.238. The van der Waals surface area contributed by atoms with Gasteiger partial charge in [0, 0.05) is 49.4 Å². The molecule has 0 atom stereocenters. The summed E-state index contributed by atoms with van der Waals surface area (Å²) < 4.78 is 24.9. The lowest BCUT2D eigenvalue weighted by Crippen LogP contribution is -2.23. The number of hydrogen-bond acceptors (Lipinski definition) is 4. The van der Waals surface area contributed by atoms with Gasteiger partial charge < -0.3 is 14.8 Å². The van der Waals surface area contributed by atoms with Crippen molar-refractivity contribution >= 4 is 16.8 Å². The molecule has 27 heavy (non-hydrogen) atoms. The second-order valence-electron chi connectivity index (χ2n) is 6.02. The first-order valence-corrected chi connectivity index (χ1v) is 8.71. The van der Waals surface area contributed by atoms with Gasteiger partial charge in [0.25, 0.3) is 5.91 Å². The zero-order chi connectivity index (χ0) is 19.1. The molecular formula is C21H21FN2O3. The van der Waals surface area contributed by atoms with Crippen LogP contribution in [0.2, 0.25) is 0 Å². The number of nitrogens with one attached hydrogen (secondary N) is 1. The Balaban J connectivity index is 1.64. The van der Waals surface area contributed by atoms with Crippen molar-refractivity contribution in [2.75, 3.05) is 20.3 Å². The fourth-order valence-electron chi connectivity index (χ4n) is 2.68. The Hall–Kier alpha value is -2.99. The molecule has 0 saturated heterocycles. The second kappa shape index (κ2) is 9.09. The van der Waals surface area contributed by atoms with Gasteiger partial charge in [-0.05, 0) is 30.3 Å². The van der Waals surface area contributed by atoms with Crippen LogP contribution in [0.3, 0.4) is 0 Å². The molecule has 0 spiro atoms. The first kappa shape index (κ1) is 18.8. The van der Waals surface area contributed by atoms with Gasteiger partial charge in [0.2, 0.25) is 0 Å². The number of nitrogens with zero attached hydrogens (tertiary/aromatic N) is 1. The molecule has 0 bridgehead atoms. The number of methoxy groups -OCH3 is 1. The molecule has 0 aliphatic heterocycles. The number of fused-ring (bicyclic) bond motifs is 1. The smallest absolute Gasteiger partial charge is 0.251 e. The van der Waals surface area contributed by atoms with Crippen molar-refractivity contribution in [1.29, 1.82) is 0 Å². The molecule has 0 unspecified atom stereocenters. The zero-order valence-corrected chi connectivity index (χ0v) is 15.1. The maximum atomic E-state index is 14.5. The predicted octanol–water partition coefficient (Wildman–Crippen LogP) is 3.72. The third kappa shape index (κ3) is 4.80. The van der Waals surface area contributed by atoms with E-state index in [9.17, 15) is 9.18 Å². The minimum absolute atomic E-state index is 0.0744. The number of hydrogen-bond donors (Lipinski definition) is 1. The highest BCUT2D eigenvalue weighted by Crippen LogP contribution is 2.21. The number of halogens is 1. The third-order valence-corrected chi connectivity index (χ3v) is 4.10. The molecule has 1 aromatic heterocycles. The molecule has 0 radical (unpaired) electrons. The Bertz CT molecular complexity index is 930. The largest absolute Gasteiger partial charge is 0.490 e. The molecule has 0 aliphatic rings. The van der Waals surface area contributed by atoms with Gasteiger partial charge in [-0.15, -0.1) is 0 Å². The number of pyridine rings is 1. The highest BCUT2D eigenvalue weighted by molar-refractivity contribution is 5.97. The maximum absolute atomic E-state index is 14.5. The molecule has 1 N–H and O–H groups in total. The Morgan fingerprint density at radius 1 is 1.15 bits per heavy atom. The monoisotopic (exact) mass is 368 g/mol. The van der Waals surface area contributed by atoms with E-state index in [0.29, 0.717) is 30.8 Å². The summed E-state index contributed by atoms with van der Waals surface area (Å²) in [4.78, 5) is 16.6. The first-order chi connectivity index (χ1) is 13.2. The molecule has 3 aromatic rings. The minimum Gasteiger partial charge on any atom is -0.490 e. The summed E-state index contributed by atoms with van der Waals surface area (Å²) in [7, 11) is 1.61. The van der Waals surface area contributed by atoms with Gasteiger partial charge in [0.15, 0.2) is 11.6 Å². The summed E-state index contributed by atoms with van der Waals surface area (Å²) in [6, 6.07) is 13.9. The number of amides is 1. The number of benzene rings is 2. The van der Waals surface area contributed by atoms with Crippen molar-refractivity contribution in [3.8, 4) is 5.75 Å². The van der Waals surface area contributed by atoms with Crippen LogP contribution in [0.5, 0.6) is 5.75 Å².